The van der Waals surface area contributed by atoms with Crippen molar-refractivity contribution < 1.29 is 19.8 Å². The topological polar surface area (TPSA) is 117 Å². The lowest BCUT2D eigenvalue weighted by atomic mass is 10.2. The summed E-state index contributed by atoms with van der Waals surface area (Å²) in [5.41, 5.74) is 1.70. The van der Waals surface area contributed by atoms with Crippen LogP contribution in [0.1, 0.15) is 26.4 Å². The number of benzene rings is 1. The molecule has 0 aliphatic heterocycles. The Kier molecular flexibility index (Phi) is 3.78. The first kappa shape index (κ1) is 15.3. The number of aryl methyl sites for hydroxylation is 1. The van der Waals surface area contributed by atoms with Gasteiger partial charge in [0.15, 0.2) is 11.5 Å². The van der Waals surface area contributed by atoms with Crippen molar-refractivity contribution in [3.63, 3.8) is 0 Å². The van der Waals surface area contributed by atoms with Gasteiger partial charge in [-0.15, -0.1) is 10.2 Å². The fraction of sp³-hybridized carbons (Fsp3) is 0.0625. The van der Waals surface area contributed by atoms with Gasteiger partial charge in [0, 0.05) is 6.20 Å². The van der Waals surface area contributed by atoms with Crippen LogP contribution in [0.15, 0.2) is 52.8 Å². The molecule has 0 radical (unpaired) electrons. The maximum absolute atomic E-state index is 11.4. The summed E-state index contributed by atoms with van der Waals surface area (Å²) in [4.78, 5) is 26.2. The van der Waals surface area contributed by atoms with E-state index in [0.717, 1.165) is 5.56 Å². The minimum atomic E-state index is -1.20. The van der Waals surface area contributed by atoms with Crippen LogP contribution in [0.2, 0.25) is 0 Å². The Hall–Kier alpha value is -3.55. The molecule has 3 aromatic rings. The fourth-order valence-corrected chi connectivity index (χ4v) is 2.15. The van der Waals surface area contributed by atoms with E-state index in [-0.39, 0.29) is 17.1 Å². The Morgan fingerprint density at radius 2 is 1.71 bits per heavy atom. The van der Waals surface area contributed by atoms with Gasteiger partial charge in [-0.05, 0) is 42.8 Å². The Labute approximate surface area is 135 Å². The molecule has 0 saturated carbocycles. The number of carboxylic acids is 2. The molecule has 0 amide bonds. The molecule has 8 heteroatoms. The number of imidazole rings is 1. The molecule has 0 fully saturated rings. The van der Waals surface area contributed by atoms with Gasteiger partial charge in [-0.2, -0.15) is 0 Å². The predicted molar refractivity (Wildman–Crippen MR) is 84.5 cm³/mol. The summed E-state index contributed by atoms with van der Waals surface area (Å²) in [5, 5.41) is 26.1. The van der Waals surface area contributed by atoms with Crippen molar-refractivity contribution in [2.24, 2.45) is 10.2 Å². The molecule has 0 saturated heterocycles. The number of nitrogens with zero attached hydrogens (tertiary/aromatic N) is 4. The van der Waals surface area contributed by atoms with Crippen LogP contribution in [-0.4, -0.2) is 31.5 Å². The van der Waals surface area contributed by atoms with Crippen molar-refractivity contribution in [3.05, 3.63) is 59.4 Å². The van der Waals surface area contributed by atoms with Gasteiger partial charge in [-0.1, -0.05) is 6.07 Å². The van der Waals surface area contributed by atoms with Crippen molar-refractivity contribution >= 4 is 29.1 Å². The van der Waals surface area contributed by atoms with Crippen LogP contribution < -0.4 is 0 Å². The largest absolute Gasteiger partial charge is 0.478 e. The highest BCUT2D eigenvalue weighted by atomic mass is 16.4. The van der Waals surface area contributed by atoms with E-state index in [1.165, 1.54) is 24.3 Å². The quantitative estimate of drug-likeness (QED) is 0.713. The van der Waals surface area contributed by atoms with Crippen molar-refractivity contribution in [2.75, 3.05) is 0 Å². The van der Waals surface area contributed by atoms with E-state index in [2.05, 4.69) is 15.2 Å². The summed E-state index contributed by atoms with van der Waals surface area (Å²) in [5.74, 6) is -2.14. The SMILES string of the molecule is Cc1ccc2nc(C(=O)O)c(N=Nc3ccc(C(=O)O)cc3)n2c1. The van der Waals surface area contributed by atoms with Gasteiger partial charge in [-0.3, -0.25) is 4.40 Å². The average Bonchev–Trinajstić information content (AvgIpc) is 2.91. The highest BCUT2D eigenvalue weighted by Gasteiger charge is 2.18. The first-order valence-corrected chi connectivity index (χ1v) is 6.93. The van der Waals surface area contributed by atoms with Crippen molar-refractivity contribution in [1.82, 2.24) is 9.38 Å². The lowest BCUT2D eigenvalue weighted by Crippen LogP contribution is -1.96. The second-order valence-corrected chi connectivity index (χ2v) is 5.08. The minimum absolute atomic E-state index is 0.100. The number of hydrogen-bond acceptors (Lipinski definition) is 5. The number of carbonyl (C=O) groups is 2. The molecule has 120 valence electrons. The molecule has 0 bridgehead atoms. The minimum Gasteiger partial charge on any atom is -0.478 e. The monoisotopic (exact) mass is 324 g/mol. The first-order chi connectivity index (χ1) is 11.5. The Balaban J connectivity index is 2.04. The Morgan fingerprint density at radius 1 is 1.00 bits per heavy atom. The fourth-order valence-electron chi connectivity index (χ4n) is 2.15. The van der Waals surface area contributed by atoms with Crippen molar-refractivity contribution in [1.29, 1.82) is 0 Å². The molecule has 0 atom stereocenters. The number of aromatic nitrogens is 2. The molecule has 24 heavy (non-hydrogen) atoms. The van der Waals surface area contributed by atoms with E-state index in [0.29, 0.717) is 11.3 Å². The van der Waals surface area contributed by atoms with E-state index in [9.17, 15) is 14.7 Å². The highest BCUT2D eigenvalue weighted by Crippen LogP contribution is 2.25. The number of azo groups is 1. The van der Waals surface area contributed by atoms with Crippen molar-refractivity contribution in [3.8, 4) is 0 Å². The number of aromatic carboxylic acids is 2. The Morgan fingerprint density at radius 3 is 2.33 bits per heavy atom. The number of rotatable bonds is 4. The first-order valence-electron chi connectivity index (χ1n) is 6.93. The number of carboxylic acid groups (broad SMARTS) is 2. The Bertz CT molecular complexity index is 974. The van der Waals surface area contributed by atoms with Gasteiger partial charge in [0.25, 0.3) is 0 Å². The zero-order chi connectivity index (χ0) is 17.3. The third-order valence-electron chi connectivity index (χ3n) is 3.32. The molecule has 0 aliphatic carbocycles. The molecule has 2 heterocycles. The van der Waals surface area contributed by atoms with Crippen LogP contribution in [0.25, 0.3) is 5.65 Å². The second kappa shape index (κ2) is 5.92. The second-order valence-electron chi connectivity index (χ2n) is 5.08. The summed E-state index contributed by atoms with van der Waals surface area (Å²) in [6, 6.07) is 9.28. The van der Waals surface area contributed by atoms with E-state index < -0.39 is 11.9 Å². The number of pyridine rings is 1. The number of hydrogen-bond donors (Lipinski definition) is 2. The molecule has 0 spiro atoms. The molecule has 8 nitrogen and oxygen atoms in total. The standard InChI is InChI=1S/C16H12N4O4/c1-9-2-7-12-17-13(16(23)24)14(20(12)8-9)19-18-11-5-3-10(4-6-11)15(21)22/h2-8H,1H3,(H,21,22)(H,23,24). The van der Waals surface area contributed by atoms with Crippen molar-refractivity contribution in [2.45, 2.75) is 6.92 Å². The molecule has 0 aliphatic rings. The molecule has 3 rings (SSSR count). The molecular formula is C16H12N4O4. The summed E-state index contributed by atoms with van der Waals surface area (Å²) in [6.45, 7) is 1.87. The van der Waals surface area contributed by atoms with Crippen LogP contribution in [0.4, 0.5) is 11.5 Å². The summed E-state index contributed by atoms with van der Waals surface area (Å²) in [7, 11) is 0. The highest BCUT2D eigenvalue weighted by molar-refractivity contribution is 5.91. The summed E-state index contributed by atoms with van der Waals surface area (Å²) in [6.07, 6.45) is 1.72. The normalized spacial score (nSPS) is 11.2. The molecule has 0 unspecified atom stereocenters. The van der Waals surface area contributed by atoms with Gasteiger partial charge in [-0.25, -0.2) is 14.6 Å². The lowest BCUT2D eigenvalue weighted by molar-refractivity contribution is 0.0683. The molecule has 1 aromatic carbocycles. The zero-order valence-corrected chi connectivity index (χ0v) is 12.5. The average molecular weight is 324 g/mol. The summed E-state index contributed by atoms with van der Waals surface area (Å²) < 4.78 is 1.55. The van der Waals surface area contributed by atoms with Crippen LogP contribution in [0.3, 0.4) is 0 Å². The number of fused-ring (bicyclic) bond motifs is 1. The maximum atomic E-state index is 11.4. The van der Waals surface area contributed by atoms with Crippen LogP contribution in [0, 0.1) is 6.92 Å². The van der Waals surface area contributed by atoms with Gasteiger partial charge in [0.1, 0.15) is 5.65 Å². The summed E-state index contributed by atoms with van der Waals surface area (Å²) >= 11 is 0. The van der Waals surface area contributed by atoms with Gasteiger partial charge in [0.2, 0.25) is 0 Å². The predicted octanol–water partition coefficient (Wildman–Crippen LogP) is 3.45. The van der Waals surface area contributed by atoms with Gasteiger partial charge in [0.05, 0.1) is 11.3 Å². The van der Waals surface area contributed by atoms with E-state index in [4.69, 9.17) is 5.11 Å². The van der Waals surface area contributed by atoms with E-state index in [1.807, 2.05) is 13.0 Å². The van der Waals surface area contributed by atoms with Gasteiger partial charge >= 0.3 is 11.9 Å². The van der Waals surface area contributed by atoms with Crippen LogP contribution in [0.5, 0.6) is 0 Å². The van der Waals surface area contributed by atoms with E-state index in [1.54, 1.807) is 16.7 Å². The zero-order valence-electron chi connectivity index (χ0n) is 12.5. The third kappa shape index (κ3) is 2.84. The van der Waals surface area contributed by atoms with Crippen LogP contribution in [-0.2, 0) is 0 Å². The lowest BCUT2D eigenvalue weighted by Gasteiger charge is -1.98. The van der Waals surface area contributed by atoms with Gasteiger partial charge < -0.3 is 10.2 Å². The maximum Gasteiger partial charge on any atom is 0.358 e. The third-order valence-corrected chi connectivity index (χ3v) is 3.32. The molecule has 2 aromatic heterocycles. The van der Waals surface area contributed by atoms with E-state index >= 15 is 0 Å². The van der Waals surface area contributed by atoms with Crippen LogP contribution >= 0.6 is 0 Å². The molecule has 2 N–H and O–H groups in total. The molecular weight excluding hydrogens is 312 g/mol. The smallest absolute Gasteiger partial charge is 0.358 e.